The molecule has 1 aliphatic heterocycles. The zero-order chi connectivity index (χ0) is 14.5. The lowest BCUT2D eigenvalue weighted by Gasteiger charge is -2.22. The summed E-state index contributed by atoms with van der Waals surface area (Å²) in [6, 6.07) is 5.19. The van der Waals surface area contributed by atoms with Crippen LogP contribution in [0.5, 0.6) is 0 Å². The summed E-state index contributed by atoms with van der Waals surface area (Å²) in [6.45, 7) is 2.63. The minimum Gasteiger partial charge on any atom is -0.481 e. The van der Waals surface area contributed by atoms with Gasteiger partial charge in [-0.05, 0) is 32.0 Å². The highest BCUT2D eigenvalue weighted by Gasteiger charge is 2.36. The maximum absolute atomic E-state index is 11.8. The van der Waals surface area contributed by atoms with Crippen molar-refractivity contribution in [1.29, 1.82) is 0 Å². The number of amides is 1. The Morgan fingerprint density at radius 2 is 2.30 bits per heavy atom. The quantitative estimate of drug-likeness (QED) is 0.671. The van der Waals surface area contributed by atoms with Crippen molar-refractivity contribution in [2.45, 2.75) is 19.4 Å². The lowest BCUT2D eigenvalue weighted by Crippen LogP contribution is -2.42. The van der Waals surface area contributed by atoms with Crippen molar-refractivity contribution in [3.05, 3.63) is 24.4 Å². The number of rotatable bonds is 5. The van der Waals surface area contributed by atoms with E-state index in [1.165, 1.54) is 0 Å². The van der Waals surface area contributed by atoms with E-state index >= 15 is 0 Å². The maximum atomic E-state index is 11.8. The molecule has 108 valence electrons. The number of pyridine rings is 1. The van der Waals surface area contributed by atoms with Crippen molar-refractivity contribution < 1.29 is 14.7 Å². The first kappa shape index (κ1) is 14.3. The number of hydrazine groups is 1. The molecule has 0 spiro atoms. The van der Waals surface area contributed by atoms with Gasteiger partial charge < -0.3 is 5.11 Å². The first-order valence-corrected chi connectivity index (χ1v) is 6.50. The molecule has 2 heterocycles. The Hall–Kier alpha value is -2.15. The van der Waals surface area contributed by atoms with Gasteiger partial charge >= 0.3 is 5.97 Å². The van der Waals surface area contributed by atoms with Gasteiger partial charge in [0.1, 0.15) is 5.82 Å². The Bertz CT molecular complexity index is 480. The number of aromatic nitrogens is 1. The number of aliphatic carboxylic acids is 1. The predicted octanol–water partition coefficient (Wildman–Crippen LogP) is 0.320. The summed E-state index contributed by atoms with van der Waals surface area (Å²) in [5.74, 6) is -0.856. The van der Waals surface area contributed by atoms with Crippen LogP contribution in [0.15, 0.2) is 24.4 Å². The van der Waals surface area contributed by atoms with Crippen molar-refractivity contribution in [3.8, 4) is 0 Å². The molecule has 20 heavy (non-hydrogen) atoms. The monoisotopic (exact) mass is 278 g/mol. The average molecular weight is 278 g/mol. The standard InChI is InChI=1S/C13H18N4O3/c1-9-10(13(19)20)5-7-17(9)8-12(18)16-15-11-4-2-3-6-14-11/h2-4,6,9-10H,5,7-8H2,1H3,(H,14,15)(H,16,18)(H,19,20). The van der Waals surface area contributed by atoms with Crippen LogP contribution >= 0.6 is 0 Å². The summed E-state index contributed by atoms with van der Waals surface area (Å²) >= 11 is 0. The largest absolute Gasteiger partial charge is 0.481 e. The Balaban J connectivity index is 1.79. The average Bonchev–Trinajstić information content (AvgIpc) is 2.79. The summed E-state index contributed by atoms with van der Waals surface area (Å²) in [7, 11) is 0. The summed E-state index contributed by atoms with van der Waals surface area (Å²) in [5.41, 5.74) is 5.26. The van der Waals surface area contributed by atoms with Gasteiger partial charge in [0.25, 0.3) is 5.91 Å². The number of nitrogens with zero attached hydrogens (tertiary/aromatic N) is 2. The second-order valence-corrected chi connectivity index (χ2v) is 4.83. The Morgan fingerprint density at radius 3 is 2.90 bits per heavy atom. The Labute approximate surface area is 117 Å². The number of likely N-dealkylation sites (tertiary alicyclic amines) is 1. The molecule has 2 rings (SSSR count). The van der Waals surface area contributed by atoms with Gasteiger partial charge in [-0.1, -0.05) is 6.07 Å². The third kappa shape index (κ3) is 3.45. The lowest BCUT2D eigenvalue weighted by atomic mass is 10.0. The van der Waals surface area contributed by atoms with Gasteiger partial charge in [-0.15, -0.1) is 0 Å². The maximum Gasteiger partial charge on any atom is 0.308 e. The fourth-order valence-electron chi connectivity index (χ4n) is 2.35. The summed E-state index contributed by atoms with van der Waals surface area (Å²) in [6.07, 6.45) is 2.20. The molecule has 1 aromatic rings. The van der Waals surface area contributed by atoms with Crippen LogP contribution in [0.3, 0.4) is 0 Å². The zero-order valence-electron chi connectivity index (χ0n) is 11.2. The first-order chi connectivity index (χ1) is 9.58. The van der Waals surface area contributed by atoms with E-state index in [0.717, 1.165) is 0 Å². The molecule has 2 atom stereocenters. The summed E-state index contributed by atoms with van der Waals surface area (Å²) in [4.78, 5) is 28.7. The number of carboxylic acid groups (broad SMARTS) is 1. The molecule has 1 amide bonds. The molecular formula is C13H18N4O3. The number of hydrogen-bond donors (Lipinski definition) is 3. The van der Waals surface area contributed by atoms with Gasteiger partial charge in [-0.25, -0.2) is 4.98 Å². The SMILES string of the molecule is CC1C(C(=O)O)CCN1CC(=O)NNc1ccccn1. The van der Waals surface area contributed by atoms with Crippen LogP contribution in [-0.4, -0.2) is 46.0 Å². The van der Waals surface area contributed by atoms with Gasteiger partial charge in [0, 0.05) is 12.2 Å². The van der Waals surface area contributed by atoms with Crippen molar-refractivity contribution in [1.82, 2.24) is 15.3 Å². The van der Waals surface area contributed by atoms with Crippen LogP contribution in [-0.2, 0) is 9.59 Å². The molecule has 1 aromatic heterocycles. The molecule has 7 heteroatoms. The van der Waals surface area contributed by atoms with Crippen LogP contribution in [0.4, 0.5) is 5.82 Å². The second-order valence-electron chi connectivity index (χ2n) is 4.83. The second kappa shape index (κ2) is 6.33. The zero-order valence-corrected chi connectivity index (χ0v) is 11.2. The fourth-order valence-corrected chi connectivity index (χ4v) is 2.35. The minimum absolute atomic E-state index is 0.131. The van der Waals surface area contributed by atoms with Gasteiger partial charge in [0.2, 0.25) is 0 Å². The molecule has 1 fully saturated rings. The Morgan fingerprint density at radius 1 is 1.50 bits per heavy atom. The third-order valence-electron chi connectivity index (χ3n) is 3.54. The molecule has 1 aliphatic rings. The number of hydrogen-bond acceptors (Lipinski definition) is 5. The summed E-state index contributed by atoms with van der Waals surface area (Å²) < 4.78 is 0. The van der Waals surface area contributed by atoms with Crippen LogP contribution < -0.4 is 10.9 Å². The van der Waals surface area contributed by atoms with Gasteiger partial charge in [0.15, 0.2) is 0 Å². The highest BCUT2D eigenvalue weighted by Crippen LogP contribution is 2.23. The number of carboxylic acids is 1. The van der Waals surface area contributed by atoms with Crippen LogP contribution in [0.2, 0.25) is 0 Å². The molecule has 0 radical (unpaired) electrons. The number of nitrogens with one attached hydrogen (secondary N) is 2. The van der Waals surface area contributed by atoms with E-state index in [4.69, 9.17) is 5.11 Å². The molecule has 3 N–H and O–H groups in total. The normalized spacial score (nSPS) is 22.4. The lowest BCUT2D eigenvalue weighted by molar-refractivity contribution is -0.142. The van der Waals surface area contributed by atoms with Crippen molar-refractivity contribution in [2.24, 2.45) is 5.92 Å². The molecule has 0 saturated carbocycles. The van der Waals surface area contributed by atoms with E-state index in [1.54, 1.807) is 18.3 Å². The van der Waals surface area contributed by atoms with E-state index in [2.05, 4.69) is 15.8 Å². The number of anilines is 1. The number of carbonyl (C=O) groups is 2. The fraction of sp³-hybridized carbons (Fsp3) is 0.462. The highest BCUT2D eigenvalue weighted by molar-refractivity contribution is 5.79. The van der Waals surface area contributed by atoms with Gasteiger partial charge in [-0.2, -0.15) is 0 Å². The van der Waals surface area contributed by atoms with E-state index in [1.807, 2.05) is 17.9 Å². The predicted molar refractivity (Wildman–Crippen MR) is 72.8 cm³/mol. The molecule has 1 saturated heterocycles. The van der Waals surface area contributed by atoms with E-state index in [0.29, 0.717) is 18.8 Å². The molecular weight excluding hydrogens is 260 g/mol. The first-order valence-electron chi connectivity index (χ1n) is 6.50. The van der Waals surface area contributed by atoms with Crippen molar-refractivity contribution in [2.75, 3.05) is 18.5 Å². The molecule has 7 nitrogen and oxygen atoms in total. The van der Waals surface area contributed by atoms with E-state index in [-0.39, 0.29) is 18.5 Å². The third-order valence-corrected chi connectivity index (χ3v) is 3.54. The molecule has 0 aliphatic carbocycles. The smallest absolute Gasteiger partial charge is 0.308 e. The molecule has 2 unspecified atom stereocenters. The Kier molecular flexibility index (Phi) is 4.52. The molecule has 0 aromatic carbocycles. The topological polar surface area (TPSA) is 94.6 Å². The highest BCUT2D eigenvalue weighted by atomic mass is 16.4. The number of carbonyl (C=O) groups excluding carboxylic acids is 1. The van der Waals surface area contributed by atoms with Crippen LogP contribution in [0.1, 0.15) is 13.3 Å². The summed E-state index contributed by atoms with van der Waals surface area (Å²) in [5, 5.41) is 9.04. The van der Waals surface area contributed by atoms with Crippen LogP contribution in [0.25, 0.3) is 0 Å². The van der Waals surface area contributed by atoms with E-state index in [9.17, 15) is 9.59 Å². The minimum atomic E-state index is -0.799. The van der Waals surface area contributed by atoms with Gasteiger partial charge in [-0.3, -0.25) is 25.3 Å². The van der Waals surface area contributed by atoms with Crippen LogP contribution in [0, 0.1) is 5.92 Å². The van der Waals surface area contributed by atoms with Crippen molar-refractivity contribution >= 4 is 17.7 Å². The van der Waals surface area contributed by atoms with E-state index < -0.39 is 11.9 Å². The van der Waals surface area contributed by atoms with Crippen molar-refractivity contribution in [3.63, 3.8) is 0 Å². The molecule has 0 bridgehead atoms. The van der Waals surface area contributed by atoms with Gasteiger partial charge in [0.05, 0.1) is 12.5 Å².